The summed E-state index contributed by atoms with van der Waals surface area (Å²) in [4.78, 5) is 32.3. The van der Waals surface area contributed by atoms with Crippen LogP contribution in [0.4, 0.5) is 11.4 Å². The summed E-state index contributed by atoms with van der Waals surface area (Å²) in [5.74, 6) is -0.706. The molecule has 0 aliphatic rings. The highest BCUT2D eigenvalue weighted by Crippen LogP contribution is 2.27. The van der Waals surface area contributed by atoms with Crippen LogP contribution in [0.25, 0.3) is 0 Å². The summed E-state index contributed by atoms with van der Waals surface area (Å²) < 4.78 is 5.15. The lowest BCUT2D eigenvalue weighted by atomic mass is 10.2. The van der Waals surface area contributed by atoms with Crippen LogP contribution in [-0.4, -0.2) is 28.6 Å². The Morgan fingerprint density at radius 1 is 1.19 bits per heavy atom. The summed E-state index contributed by atoms with van der Waals surface area (Å²) in [5, 5.41) is 25.4. The molecule has 1 amide bonds. The second-order valence-corrected chi connectivity index (χ2v) is 5.69. The van der Waals surface area contributed by atoms with E-state index < -0.39 is 22.4 Å². The molecule has 0 aromatic heterocycles. The van der Waals surface area contributed by atoms with E-state index in [2.05, 4.69) is 10.5 Å². The summed E-state index contributed by atoms with van der Waals surface area (Å²) >= 11 is 5.70. The molecule has 0 unspecified atom stereocenters. The number of nitro benzene ring substituents is 2. The van der Waals surface area contributed by atoms with Crippen LogP contribution >= 0.6 is 11.6 Å². The first-order valence-electron chi connectivity index (χ1n) is 7.41. The van der Waals surface area contributed by atoms with E-state index in [0.717, 1.165) is 0 Å². The van der Waals surface area contributed by atoms with E-state index in [0.29, 0.717) is 11.1 Å². The van der Waals surface area contributed by atoms with Gasteiger partial charge in [0, 0.05) is 17.7 Å². The maximum Gasteiger partial charge on any atom is 0.311 e. The van der Waals surface area contributed by atoms with E-state index in [-0.39, 0.29) is 22.1 Å². The van der Waals surface area contributed by atoms with Crippen LogP contribution in [0.2, 0.25) is 5.02 Å². The van der Waals surface area contributed by atoms with Gasteiger partial charge in [0.05, 0.1) is 16.1 Å². The Morgan fingerprint density at radius 2 is 1.89 bits per heavy atom. The first-order chi connectivity index (χ1) is 12.8. The fraction of sp³-hybridized carbons (Fsp3) is 0.125. The minimum atomic E-state index is -0.662. The van der Waals surface area contributed by atoms with Crippen LogP contribution in [0, 0.1) is 27.2 Å². The number of amides is 1. The summed E-state index contributed by atoms with van der Waals surface area (Å²) in [5.41, 5.74) is 2.65. The van der Waals surface area contributed by atoms with Crippen LogP contribution in [0.1, 0.15) is 11.1 Å². The Kier molecular flexibility index (Phi) is 6.39. The number of benzene rings is 2. The van der Waals surface area contributed by atoms with Gasteiger partial charge in [-0.2, -0.15) is 5.10 Å². The van der Waals surface area contributed by atoms with Crippen molar-refractivity contribution in [1.82, 2.24) is 5.43 Å². The quantitative estimate of drug-likeness (QED) is 0.436. The molecule has 10 nitrogen and oxygen atoms in total. The zero-order chi connectivity index (χ0) is 20.0. The molecule has 11 heteroatoms. The van der Waals surface area contributed by atoms with E-state index in [1.807, 2.05) is 0 Å². The zero-order valence-corrected chi connectivity index (χ0v) is 14.7. The highest BCUT2D eigenvalue weighted by Gasteiger charge is 2.16. The van der Waals surface area contributed by atoms with Crippen molar-refractivity contribution in [2.45, 2.75) is 6.92 Å². The van der Waals surface area contributed by atoms with Crippen LogP contribution in [0.3, 0.4) is 0 Å². The highest BCUT2D eigenvalue weighted by molar-refractivity contribution is 6.32. The number of nitro groups is 2. The third-order valence-electron chi connectivity index (χ3n) is 3.24. The third-order valence-corrected chi connectivity index (χ3v) is 3.56. The monoisotopic (exact) mass is 392 g/mol. The average molecular weight is 393 g/mol. The molecule has 2 aromatic rings. The number of hydrazone groups is 1. The molecule has 1 N–H and O–H groups in total. The molecule has 0 heterocycles. The molecule has 0 fully saturated rings. The van der Waals surface area contributed by atoms with Crippen molar-refractivity contribution in [1.29, 1.82) is 0 Å². The third kappa shape index (κ3) is 5.47. The van der Waals surface area contributed by atoms with Crippen molar-refractivity contribution in [2.75, 3.05) is 6.61 Å². The fourth-order valence-electron chi connectivity index (χ4n) is 2.00. The molecule has 0 aliphatic carbocycles. The first-order valence-corrected chi connectivity index (χ1v) is 7.79. The van der Waals surface area contributed by atoms with Crippen LogP contribution in [0.5, 0.6) is 5.75 Å². The lowest BCUT2D eigenvalue weighted by molar-refractivity contribution is -0.385. The van der Waals surface area contributed by atoms with Gasteiger partial charge in [-0.3, -0.25) is 25.0 Å². The summed E-state index contributed by atoms with van der Waals surface area (Å²) in [6.45, 7) is 1.20. The Morgan fingerprint density at radius 3 is 2.56 bits per heavy atom. The molecular formula is C16H13ClN4O6. The zero-order valence-electron chi connectivity index (χ0n) is 13.9. The van der Waals surface area contributed by atoms with Gasteiger partial charge in [0.1, 0.15) is 5.02 Å². The van der Waals surface area contributed by atoms with Crippen molar-refractivity contribution < 1.29 is 19.4 Å². The summed E-state index contributed by atoms with van der Waals surface area (Å²) in [6, 6.07) is 8.37. The van der Waals surface area contributed by atoms with Gasteiger partial charge in [-0.1, -0.05) is 23.7 Å². The molecule has 2 aromatic carbocycles. The molecule has 0 bridgehead atoms. The van der Waals surface area contributed by atoms with E-state index >= 15 is 0 Å². The lowest BCUT2D eigenvalue weighted by Gasteiger charge is -2.06. The van der Waals surface area contributed by atoms with Crippen molar-refractivity contribution in [3.8, 4) is 5.75 Å². The number of nitrogens with zero attached hydrogens (tertiary/aromatic N) is 3. The van der Waals surface area contributed by atoms with Crippen LogP contribution in [0.15, 0.2) is 41.5 Å². The molecule has 0 radical (unpaired) electrons. The Balaban J connectivity index is 1.96. The van der Waals surface area contributed by atoms with Gasteiger partial charge in [0.2, 0.25) is 0 Å². The van der Waals surface area contributed by atoms with Gasteiger partial charge in [-0.15, -0.1) is 0 Å². The van der Waals surface area contributed by atoms with Gasteiger partial charge in [0.25, 0.3) is 11.6 Å². The van der Waals surface area contributed by atoms with Gasteiger partial charge in [-0.05, 0) is 24.6 Å². The molecular weight excluding hydrogens is 380 g/mol. The van der Waals surface area contributed by atoms with Crippen molar-refractivity contribution in [3.63, 3.8) is 0 Å². The second kappa shape index (κ2) is 8.72. The number of hydrogen-bond donors (Lipinski definition) is 1. The molecule has 0 aliphatic heterocycles. The standard InChI is InChI=1S/C16H13ClN4O6/c1-10-2-5-15(14(6-10)21(25)26)27-9-16(22)19-18-8-11-3-4-12(17)13(7-11)20(23)24/h2-8H,9H2,1H3,(H,19,22). The number of halogens is 1. The molecule has 0 spiro atoms. The molecule has 140 valence electrons. The van der Waals surface area contributed by atoms with Gasteiger partial charge >= 0.3 is 5.69 Å². The van der Waals surface area contributed by atoms with E-state index in [4.69, 9.17) is 16.3 Å². The van der Waals surface area contributed by atoms with Crippen molar-refractivity contribution in [3.05, 3.63) is 72.8 Å². The summed E-state index contributed by atoms with van der Waals surface area (Å²) in [7, 11) is 0. The lowest BCUT2D eigenvalue weighted by Crippen LogP contribution is -2.24. The van der Waals surface area contributed by atoms with Gasteiger partial charge < -0.3 is 4.74 Å². The Hall–Kier alpha value is -3.53. The molecule has 0 saturated carbocycles. The predicted octanol–water partition coefficient (Wildman–Crippen LogP) is 2.99. The van der Waals surface area contributed by atoms with Gasteiger partial charge in [-0.25, -0.2) is 5.43 Å². The number of nitrogens with one attached hydrogen (secondary N) is 1. The smallest absolute Gasteiger partial charge is 0.311 e. The number of aryl methyl sites for hydroxylation is 1. The maximum absolute atomic E-state index is 11.7. The minimum Gasteiger partial charge on any atom is -0.477 e. The van der Waals surface area contributed by atoms with Gasteiger partial charge in [0.15, 0.2) is 12.4 Å². The minimum absolute atomic E-state index is 0.0192. The first kappa shape index (κ1) is 19.8. The molecule has 27 heavy (non-hydrogen) atoms. The topological polar surface area (TPSA) is 137 Å². The number of carbonyl (C=O) groups excluding carboxylic acids is 1. The normalized spacial score (nSPS) is 10.6. The number of carbonyl (C=O) groups is 1. The Labute approximate surface area is 157 Å². The van der Waals surface area contributed by atoms with Crippen LogP contribution in [-0.2, 0) is 4.79 Å². The van der Waals surface area contributed by atoms with E-state index in [1.165, 1.54) is 36.5 Å². The average Bonchev–Trinajstić information content (AvgIpc) is 2.61. The largest absolute Gasteiger partial charge is 0.477 e. The molecule has 0 atom stereocenters. The molecule has 2 rings (SSSR count). The number of rotatable bonds is 7. The maximum atomic E-state index is 11.7. The van der Waals surface area contributed by atoms with E-state index in [1.54, 1.807) is 13.0 Å². The number of hydrogen-bond acceptors (Lipinski definition) is 7. The Bertz CT molecular complexity index is 931. The number of ether oxygens (including phenoxy) is 1. The highest BCUT2D eigenvalue weighted by atomic mass is 35.5. The van der Waals surface area contributed by atoms with Crippen LogP contribution < -0.4 is 10.2 Å². The second-order valence-electron chi connectivity index (χ2n) is 5.28. The van der Waals surface area contributed by atoms with Crippen molar-refractivity contribution >= 4 is 35.1 Å². The summed E-state index contributed by atoms with van der Waals surface area (Å²) in [6.07, 6.45) is 1.19. The predicted molar refractivity (Wildman–Crippen MR) is 97.2 cm³/mol. The fourth-order valence-corrected chi connectivity index (χ4v) is 2.18. The van der Waals surface area contributed by atoms with Crippen molar-refractivity contribution in [2.24, 2.45) is 5.10 Å². The SMILES string of the molecule is Cc1ccc(OCC(=O)NN=Cc2ccc(Cl)c([N+](=O)[O-])c2)c([N+](=O)[O-])c1. The molecule has 0 saturated heterocycles. The van der Waals surface area contributed by atoms with E-state index in [9.17, 15) is 25.0 Å².